The number of hydrogen-bond acceptors (Lipinski definition) is 11. The van der Waals surface area contributed by atoms with E-state index in [-0.39, 0.29) is 28.7 Å². The Kier molecular flexibility index (Phi) is 12.1. The Balaban J connectivity index is 0.000000339. The SMILES string of the molecule is CO[C@@]1(C=O)/C=C/C[C@H](C)[C@@H](C)S(=O)(=O)NC(=O)c2ccc3c(c2)N(C[C@@H]2CC[C@H]21)C[C@@]1(CCCc2cc(Cl)ccc21)CO3.c1cnc(N2CCNCC2)nc1. The van der Waals surface area contributed by atoms with Gasteiger partial charge in [0.1, 0.15) is 11.4 Å². The number of carbonyl (C=O) groups excluding carboxylic acids is 2. The van der Waals surface area contributed by atoms with E-state index in [0.717, 1.165) is 76.2 Å². The molecular formula is C42H53ClN6O6S. The summed E-state index contributed by atoms with van der Waals surface area (Å²) in [5, 5.41) is 3.16. The molecule has 1 aromatic heterocycles. The standard InChI is InChI=1S/C34H41ClN2O6S.C8H12N4/c1-22-6-4-15-34(20-38,42-3)29-11-8-26(29)18-37-19-33(14-5-7-24-16-27(35)10-12-28(24)33)21-43-31-13-9-25(17-30(31)37)32(39)36-44(40,41)23(22)2;1-2-10-8(11-3-1)12-6-4-9-5-7-12/h4,9-10,12-13,15-17,20,22-23,26,29H,5-8,11,14,18-19,21H2,1-3H3,(H,36,39);1-3,9H,4-7H2/b15-4+;/t22-,23+,26-,29+,33-,34+;/m0./s1. The highest BCUT2D eigenvalue weighted by atomic mass is 35.5. The lowest BCUT2D eigenvalue weighted by molar-refractivity contribution is -0.135. The number of aldehydes is 1. The first-order chi connectivity index (χ1) is 27.0. The van der Waals surface area contributed by atoms with Crippen LogP contribution in [0.1, 0.15) is 67.4 Å². The minimum Gasteiger partial charge on any atom is -0.490 e. The number of amides is 1. The number of piperazine rings is 1. The summed E-state index contributed by atoms with van der Waals surface area (Å²) in [7, 11) is -2.41. The molecule has 2 aromatic carbocycles. The summed E-state index contributed by atoms with van der Waals surface area (Å²) in [6, 6.07) is 13.1. The minimum atomic E-state index is -3.97. The van der Waals surface area contributed by atoms with Crippen LogP contribution in [0.2, 0.25) is 5.02 Å². The second-order valence-electron chi connectivity index (χ2n) is 16.0. The number of allylic oxidation sites excluding steroid dienone is 1. The molecular weight excluding hydrogens is 752 g/mol. The molecule has 3 aliphatic heterocycles. The number of methoxy groups -OCH3 is 1. The van der Waals surface area contributed by atoms with Gasteiger partial charge >= 0.3 is 0 Å². The van der Waals surface area contributed by atoms with Crippen LogP contribution in [0.5, 0.6) is 5.75 Å². The van der Waals surface area contributed by atoms with Crippen LogP contribution >= 0.6 is 11.6 Å². The number of carbonyl (C=O) groups is 2. The molecule has 5 aliphatic rings. The van der Waals surface area contributed by atoms with Crippen molar-refractivity contribution in [3.8, 4) is 5.75 Å². The Morgan fingerprint density at radius 1 is 1.05 bits per heavy atom. The van der Waals surface area contributed by atoms with E-state index in [4.69, 9.17) is 21.1 Å². The van der Waals surface area contributed by atoms with E-state index >= 15 is 0 Å². The minimum absolute atomic E-state index is 0.0434. The number of nitrogens with zero attached hydrogens (tertiary/aromatic N) is 4. The largest absolute Gasteiger partial charge is 0.490 e. The molecule has 0 unspecified atom stereocenters. The van der Waals surface area contributed by atoms with Crippen LogP contribution in [0.15, 0.2) is 67.0 Å². The van der Waals surface area contributed by atoms with Gasteiger partial charge < -0.3 is 24.6 Å². The predicted octanol–water partition coefficient (Wildman–Crippen LogP) is 5.35. The fourth-order valence-electron chi connectivity index (χ4n) is 9.00. The van der Waals surface area contributed by atoms with Gasteiger partial charge in [0.05, 0.1) is 17.5 Å². The van der Waals surface area contributed by atoms with Crippen LogP contribution < -0.4 is 24.6 Å². The number of rotatable bonds is 3. The van der Waals surface area contributed by atoms with Gasteiger partial charge in [0, 0.05) is 80.7 Å². The maximum Gasteiger partial charge on any atom is 0.264 e. The molecule has 1 saturated heterocycles. The van der Waals surface area contributed by atoms with Crippen LogP contribution in [-0.2, 0) is 31.4 Å². The van der Waals surface area contributed by atoms with E-state index < -0.39 is 26.8 Å². The van der Waals surface area contributed by atoms with Crippen LogP contribution in [0.4, 0.5) is 11.6 Å². The molecule has 2 fully saturated rings. The fraction of sp³-hybridized carbons (Fsp3) is 0.524. The third-order valence-electron chi connectivity index (χ3n) is 12.7. The third-order valence-corrected chi connectivity index (χ3v) is 14.8. The van der Waals surface area contributed by atoms with Crippen molar-refractivity contribution < 1.29 is 27.5 Å². The molecule has 2 aliphatic carbocycles. The average molecular weight is 805 g/mol. The molecule has 8 rings (SSSR count). The van der Waals surface area contributed by atoms with Crippen molar-refractivity contribution in [1.82, 2.24) is 20.0 Å². The van der Waals surface area contributed by atoms with Gasteiger partial charge in [-0.3, -0.25) is 9.59 Å². The van der Waals surface area contributed by atoms with E-state index in [1.54, 1.807) is 44.6 Å². The van der Waals surface area contributed by atoms with Crippen molar-refractivity contribution in [2.24, 2.45) is 17.8 Å². The Morgan fingerprint density at radius 3 is 2.55 bits per heavy atom. The first kappa shape index (κ1) is 40.2. The predicted molar refractivity (Wildman–Crippen MR) is 218 cm³/mol. The quantitative estimate of drug-likeness (QED) is 0.261. The molecule has 3 aromatic rings. The van der Waals surface area contributed by atoms with Gasteiger partial charge in [0.15, 0.2) is 6.29 Å². The van der Waals surface area contributed by atoms with Gasteiger partial charge in [-0.05, 0) is 111 Å². The fourth-order valence-corrected chi connectivity index (χ4v) is 10.5. The van der Waals surface area contributed by atoms with E-state index in [1.807, 2.05) is 31.2 Å². The summed E-state index contributed by atoms with van der Waals surface area (Å²) in [5.41, 5.74) is 2.05. The monoisotopic (exact) mass is 804 g/mol. The Labute approximate surface area is 335 Å². The first-order valence-corrected chi connectivity index (χ1v) is 21.7. The van der Waals surface area contributed by atoms with Crippen LogP contribution in [-0.4, -0.2) is 94.4 Å². The van der Waals surface area contributed by atoms with Gasteiger partial charge in [0.25, 0.3) is 5.91 Å². The number of aryl methyl sites for hydroxylation is 1. The molecule has 1 saturated carbocycles. The van der Waals surface area contributed by atoms with Crippen molar-refractivity contribution in [3.05, 3.63) is 88.7 Å². The topological polar surface area (TPSA) is 143 Å². The zero-order valence-corrected chi connectivity index (χ0v) is 34.0. The summed E-state index contributed by atoms with van der Waals surface area (Å²) in [6.07, 6.45) is 13.2. The number of aromatic nitrogens is 2. The number of fused-ring (bicyclic) bond motifs is 4. The molecule has 0 radical (unpaired) electrons. The lowest BCUT2D eigenvalue weighted by atomic mass is 9.64. The highest BCUT2D eigenvalue weighted by molar-refractivity contribution is 7.90. The van der Waals surface area contributed by atoms with E-state index in [9.17, 15) is 18.0 Å². The highest BCUT2D eigenvalue weighted by Gasteiger charge is 2.49. The molecule has 6 atom stereocenters. The molecule has 2 bridgehead atoms. The highest BCUT2D eigenvalue weighted by Crippen LogP contribution is 2.48. The summed E-state index contributed by atoms with van der Waals surface area (Å²) >= 11 is 6.40. The molecule has 300 valence electrons. The molecule has 1 amide bonds. The molecule has 1 spiro atoms. The second-order valence-corrected chi connectivity index (χ2v) is 18.5. The number of nitrogens with one attached hydrogen (secondary N) is 2. The number of benzene rings is 2. The number of hydrogen-bond donors (Lipinski definition) is 2. The van der Waals surface area contributed by atoms with Gasteiger partial charge in [-0.15, -0.1) is 0 Å². The summed E-state index contributed by atoms with van der Waals surface area (Å²) < 4.78 is 41.3. The van der Waals surface area contributed by atoms with Gasteiger partial charge in [0.2, 0.25) is 16.0 Å². The van der Waals surface area contributed by atoms with Crippen LogP contribution in [0, 0.1) is 17.8 Å². The van der Waals surface area contributed by atoms with Gasteiger partial charge in [-0.2, -0.15) is 0 Å². The zero-order chi connectivity index (χ0) is 39.5. The Morgan fingerprint density at radius 2 is 1.84 bits per heavy atom. The van der Waals surface area contributed by atoms with E-state index in [2.05, 4.69) is 41.9 Å². The maximum atomic E-state index is 13.4. The van der Waals surface area contributed by atoms with Crippen molar-refractivity contribution in [1.29, 1.82) is 0 Å². The molecule has 14 heteroatoms. The number of anilines is 2. The summed E-state index contributed by atoms with van der Waals surface area (Å²) in [6.45, 7) is 9.23. The number of ether oxygens (including phenoxy) is 2. The van der Waals surface area contributed by atoms with Crippen molar-refractivity contribution >= 4 is 45.5 Å². The second kappa shape index (κ2) is 16.8. The molecule has 56 heavy (non-hydrogen) atoms. The summed E-state index contributed by atoms with van der Waals surface area (Å²) in [4.78, 5) is 38.9. The molecule has 4 heterocycles. The molecule has 2 N–H and O–H groups in total. The van der Waals surface area contributed by atoms with Crippen molar-refractivity contribution in [3.63, 3.8) is 0 Å². The third kappa shape index (κ3) is 8.19. The van der Waals surface area contributed by atoms with Crippen LogP contribution in [0.25, 0.3) is 0 Å². The maximum absolute atomic E-state index is 13.4. The number of halogens is 1. The lowest BCUT2D eigenvalue weighted by Crippen LogP contribution is -2.53. The van der Waals surface area contributed by atoms with Crippen molar-refractivity contribution in [2.45, 2.75) is 68.6 Å². The van der Waals surface area contributed by atoms with E-state index in [1.165, 1.54) is 11.1 Å². The number of sulfonamides is 1. The van der Waals surface area contributed by atoms with E-state index in [0.29, 0.717) is 36.9 Å². The van der Waals surface area contributed by atoms with Crippen molar-refractivity contribution in [2.75, 3.05) is 62.8 Å². The lowest BCUT2D eigenvalue weighted by Gasteiger charge is -2.48. The Bertz CT molecular complexity index is 2030. The summed E-state index contributed by atoms with van der Waals surface area (Å²) in [5.74, 6) is 0.644. The normalized spacial score (nSPS) is 30.5. The average Bonchev–Trinajstić information content (AvgIpc) is 3.35. The van der Waals surface area contributed by atoms with Crippen LogP contribution in [0.3, 0.4) is 0 Å². The first-order valence-electron chi connectivity index (χ1n) is 19.8. The zero-order valence-electron chi connectivity index (χ0n) is 32.5. The smallest absolute Gasteiger partial charge is 0.264 e. The molecule has 12 nitrogen and oxygen atoms in total. The van der Waals surface area contributed by atoms with Gasteiger partial charge in [-0.1, -0.05) is 30.7 Å². The van der Waals surface area contributed by atoms with Gasteiger partial charge in [-0.25, -0.2) is 23.1 Å². The Hall–Kier alpha value is -4.04.